The van der Waals surface area contributed by atoms with Gasteiger partial charge in [-0.2, -0.15) is 0 Å². The number of rotatable bonds is 4. The smallest absolute Gasteiger partial charge is 0.0195 e. The van der Waals surface area contributed by atoms with Gasteiger partial charge in [-0.25, -0.2) is 0 Å². The van der Waals surface area contributed by atoms with Gasteiger partial charge in [0, 0.05) is 18.6 Å². The predicted octanol–water partition coefficient (Wildman–Crippen LogP) is 4.06. The molecule has 118 valence electrons. The molecule has 0 aromatic heterocycles. The van der Waals surface area contributed by atoms with Crippen LogP contribution in [-0.4, -0.2) is 36.6 Å². The molecule has 1 heterocycles. The number of hydrogen-bond acceptors (Lipinski definition) is 2. The van der Waals surface area contributed by atoms with Gasteiger partial charge in [0.05, 0.1) is 0 Å². The molecule has 1 atom stereocenters. The van der Waals surface area contributed by atoms with E-state index in [0.29, 0.717) is 10.8 Å². The molecule has 2 aliphatic rings. The first-order chi connectivity index (χ1) is 9.31. The monoisotopic (exact) mass is 280 g/mol. The molecule has 20 heavy (non-hydrogen) atoms. The third-order valence-electron chi connectivity index (χ3n) is 5.19. The standard InChI is InChI=1S/C18H36N2/c1-6-9-19-15-8-7-10-20(13-15)16-11-17(2,3)14-18(4,5)12-16/h15-16,19H,6-14H2,1-5H3. The highest BCUT2D eigenvalue weighted by Crippen LogP contribution is 2.47. The molecule has 0 amide bonds. The highest BCUT2D eigenvalue weighted by molar-refractivity contribution is 4.95. The Hall–Kier alpha value is -0.0800. The lowest BCUT2D eigenvalue weighted by atomic mass is 9.63. The first-order valence-electron chi connectivity index (χ1n) is 8.79. The molecule has 1 saturated carbocycles. The molecule has 1 unspecified atom stereocenters. The van der Waals surface area contributed by atoms with E-state index in [9.17, 15) is 0 Å². The summed E-state index contributed by atoms with van der Waals surface area (Å²) < 4.78 is 0. The third kappa shape index (κ3) is 4.46. The summed E-state index contributed by atoms with van der Waals surface area (Å²) in [7, 11) is 0. The van der Waals surface area contributed by atoms with Crippen LogP contribution in [0.25, 0.3) is 0 Å². The highest BCUT2D eigenvalue weighted by atomic mass is 15.2. The molecule has 0 aromatic carbocycles. The Labute approximate surface area is 126 Å². The topological polar surface area (TPSA) is 15.3 Å². The van der Waals surface area contributed by atoms with Crippen LogP contribution in [0.15, 0.2) is 0 Å². The summed E-state index contributed by atoms with van der Waals surface area (Å²) >= 11 is 0. The fraction of sp³-hybridized carbons (Fsp3) is 1.00. The summed E-state index contributed by atoms with van der Waals surface area (Å²) in [5.41, 5.74) is 1.02. The lowest BCUT2D eigenvalue weighted by molar-refractivity contribution is 0.0106. The molecule has 2 fully saturated rings. The maximum atomic E-state index is 3.74. The van der Waals surface area contributed by atoms with E-state index >= 15 is 0 Å². The Morgan fingerprint density at radius 1 is 1.10 bits per heavy atom. The lowest BCUT2D eigenvalue weighted by Gasteiger charge is -2.50. The normalized spacial score (nSPS) is 31.4. The summed E-state index contributed by atoms with van der Waals surface area (Å²) in [5.74, 6) is 0. The molecular formula is C18H36N2. The highest BCUT2D eigenvalue weighted by Gasteiger charge is 2.41. The largest absolute Gasteiger partial charge is 0.313 e. The van der Waals surface area contributed by atoms with E-state index in [1.54, 1.807) is 0 Å². The van der Waals surface area contributed by atoms with Crippen molar-refractivity contribution >= 4 is 0 Å². The summed E-state index contributed by atoms with van der Waals surface area (Å²) in [6.45, 7) is 15.9. The first kappa shape index (κ1) is 16.3. The van der Waals surface area contributed by atoms with E-state index in [0.717, 1.165) is 12.1 Å². The van der Waals surface area contributed by atoms with E-state index in [1.807, 2.05) is 0 Å². The van der Waals surface area contributed by atoms with Crippen molar-refractivity contribution in [1.29, 1.82) is 0 Å². The minimum Gasteiger partial charge on any atom is -0.313 e. The maximum Gasteiger partial charge on any atom is 0.0195 e. The molecular weight excluding hydrogens is 244 g/mol. The molecule has 1 aliphatic heterocycles. The first-order valence-corrected chi connectivity index (χ1v) is 8.79. The molecule has 1 aliphatic carbocycles. The van der Waals surface area contributed by atoms with Crippen molar-refractivity contribution < 1.29 is 0 Å². The van der Waals surface area contributed by atoms with Crippen LogP contribution in [0, 0.1) is 10.8 Å². The van der Waals surface area contributed by atoms with Gasteiger partial charge in [-0.15, -0.1) is 0 Å². The van der Waals surface area contributed by atoms with Crippen molar-refractivity contribution in [2.45, 2.75) is 85.2 Å². The molecule has 1 saturated heterocycles. The number of likely N-dealkylation sites (tertiary alicyclic amines) is 1. The van der Waals surface area contributed by atoms with Crippen LogP contribution >= 0.6 is 0 Å². The van der Waals surface area contributed by atoms with Crippen LogP contribution in [0.3, 0.4) is 0 Å². The van der Waals surface area contributed by atoms with E-state index < -0.39 is 0 Å². The Balaban J connectivity index is 1.95. The second-order valence-electron chi connectivity index (χ2n) is 8.86. The van der Waals surface area contributed by atoms with Gasteiger partial charge >= 0.3 is 0 Å². The van der Waals surface area contributed by atoms with Crippen molar-refractivity contribution in [1.82, 2.24) is 10.2 Å². The van der Waals surface area contributed by atoms with E-state index in [1.165, 1.54) is 58.2 Å². The van der Waals surface area contributed by atoms with E-state index in [-0.39, 0.29) is 0 Å². The maximum absolute atomic E-state index is 3.74. The summed E-state index contributed by atoms with van der Waals surface area (Å²) in [4.78, 5) is 2.81. The predicted molar refractivity (Wildman–Crippen MR) is 88.1 cm³/mol. The van der Waals surface area contributed by atoms with Gasteiger partial charge in [-0.05, 0) is 62.4 Å². The van der Waals surface area contributed by atoms with Gasteiger partial charge < -0.3 is 5.32 Å². The van der Waals surface area contributed by atoms with Gasteiger partial charge in [-0.1, -0.05) is 34.6 Å². The Bertz CT molecular complexity index is 293. The molecule has 0 radical (unpaired) electrons. The average Bonchev–Trinajstić information content (AvgIpc) is 2.33. The molecule has 0 aromatic rings. The fourth-order valence-corrected chi connectivity index (χ4v) is 4.90. The second-order valence-corrected chi connectivity index (χ2v) is 8.86. The Morgan fingerprint density at radius 3 is 2.35 bits per heavy atom. The fourth-order valence-electron chi connectivity index (χ4n) is 4.90. The van der Waals surface area contributed by atoms with Crippen molar-refractivity contribution in [3.05, 3.63) is 0 Å². The zero-order chi connectivity index (χ0) is 14.8. The quantitative estimate of drug-likeness (QED) is 0.835. The van der Waals surface area contributed by atoms with Crippen molar-refractivity contribution in [2.75, 3.05) is 19.6 Å². The molecule has 0 spiro atoms. The van der Waals surface area contributed by atoms with Crippen LogP contribution in [-0.2, 0) is 0 Å². The molecule has 0 bridgehead atoms. The summed E-state index contributed by atoms with van der Waals surface area (Å²) in [5, 5.41) is 3.74. The average molecular weight is 281 g/mol. The minimum atomic E-state index is 0.510. The zero-order valence-electron chi connectivity index (χ0n) is 14.5. The van der Waals surface area contributed by atoms with Crippen LogP contribution in [0.4, 0.5) is 0 Å². The third-order valence-corrected chi connectivity index (χ3v) is 5.19. The second kappa shape index (κ2) is 6.36. The number of nitrogens with zero attached hydrogens (tertiary/aromatic N) is 1. The van der Waals surface area contributed by atoms with E-state index in [4.69, 9.17) is 0 Å². The molecule has 2 heteroatoms. The van der Waals surface area contributed by atoms with Gasteiger partial charge in [0.15, 0.2) is 0 Å². The van der Waals surface area contributed by atoms with Crippen LogP contribution in [0.5, 0.6) is 0 Å². The van der Waals surface area contributed by atoms with Gasteiger partial charge in [-0.3, -0.25) is 4.90 Å². The van der Waals surface area contributed by atoms with Gasteiger partial charge in [0.1, 0.15) is 0 Å². The van der Waals surface area contributed by atoms with Crippen LogP contribution < -0.4 is 5.32 Å². The number of hydrogen-bond donors (Lipinski definition) is 1. The lowest BCUT2D eigenvalue weighted by Crippen LogP contribution is -2.53. The van der Waals surface area contributed by atoms with Crippen molar-refractivity contribution in [3.8, 4) is 0 Å². The number of piperidine rings is 1. The van der Waals surface area contributed by atoms with Crippen LogP contribution in [0.2, 0.25) is 0 Å². The van der Waals surface area contributed by atoms with Crippen molar-refractivity contribution in [3.63, 3.8) is 0 Å². The summed E-state index contributed by atoms with van der Waals surface area (Å²) in [6.07, 6.45) is 8.14. The van der Waals surface area contributed by atoms with E-state index in [2.05, 4.69) is 44.8 Å². The SMILES string of the molecule is CCCNC1CCCN(C2CC(C)(C)CC(C)(C)C2)C1. The van der Waals surface area contributed by atoms with Crippen molar-refractivity contribution in [2.24, 2.45) is 10.8 Å². The molecule has 2 rings (SSSR count). The van der Waals surface area contributed by atoms with Crippen LogP contribution in [0.1, 0.15) is 73.1 Å². The van der Waals surface area contributed by atoms with Gasteiger partial charge in [0.25, 0.3) is 0 Å². The Morgan fingerprint density at radius 2 is 1.75 bits per heavy atom. The molecule has 2 nitrogen and oxygen atoms in total. The molecule has 1 N–H and O–H groups in total. The number of nitrogens with one attached hydrogen (secondary N) is 1. The summed E-state index contributed by atoms with van der Waals surface area (Å²) in [6, 6.07) is 1.54. The minimum absolute atomic E-state index is 0.510. The Kier molecular flexibility index (Phi) is 5.18. The zero-order valence-corrected chi connectivity index (χ0v) is 14.5. The van der Waals surface area contributed by atoms with Gasteiger partial charge in [0.2, 0.25) is 0 Å².